The van der Waals surface area contributed by atoms with Gasteiger partial charge in [-0.2, -0.15) is 13.2 Å². The van der Waals surface area contributed by atoms with Crippen LogP contribution in [0, 0.1) is 0 Å². The number of likely N-dealkylation sites (tertiary alicyclic amines) is 1. The van der Waals surface area contributed by atoms with Crippen molar-refractivity contribution in [2.75, 3.05) is 19.6 Å². The highest BCUT2D eigenvalue weighted by atomic mass is 19.4. The summed E-state index contributed by atoms with van der Waals surface area (Å²) in [6.07, 6.45) is -3.56. The molecular weight excluding hydrogens is 169 g/mol. The van der Waals surface area contributed by atoms with Crippen LogP contribution >= 0.6 is 0 Å². The van der Waals surface area contributed by atoms with Crippen LogP contribution in [0.15, 0.2) is 0 Å². The number of nitrogens with one attached hydrogen (secondary N) is 1. The fraction of sp³-hybridized carbons (Fsp3) is 1.00. The zero-order valence-electron chi connectivity index (χ0n) is 6.99. The van der Waals surface area contributed by atoms with E-state index in [1.165, 1.54) is 0 Å². The maximum absolute atomic E-state index is 12.1. The van der Waals surface area contributed by atoms with Crippen LogP contribution in [0.4, 0.5) is 13.2 Å². The zero-order chi connectivity index (χ0) is 9.19. The van der Waals surface area contributed by atoms with Crippen molar-refractivity contribution in [3.05, 3.63) is 0 Å². The van der Waals surface area contributed by atoms with Crippen molar-refractivity contribution in [2.24, 2.45) is 0 Å². The van der Waals surface area contributed by atoms with Gasteiger partial charge in [-0.25, -0.2) is 4.90 Å². The molecule has 0 spiro atoms. The Bertz CT molecular complexity index is 146. The molecule has 0 aliphatic carbocycles. The van der Waals surface area contributed by atoms with Crippen LogP contribution in [0.5, 0.6) is 0 Å². The number of rotatable bonds is 2. The first-order valence-electron chi connectivity index (χ1n) is 4.09. The highest BCUT2D eigenvalue weighted by Gasteiger charge is 2.41. The minimum Gasteiger partial charge on any atom is -0.313 e. The summed E-state index contributed by atoms with van der Waals surface area (Å²) in [6, 6.07) is 0.0108. The van der Waals surface area contributed by atoms with E-state index < -0.39 is 6.30 Å². The monoisotopic (exact) mass is 182 g/mol. The van der Waals surface area contributed by atoms with Gasteiger partial charge in [0.2, 0.25) is 0 Å². The average molecular weight is 182 g/mol. The Hall–Kier alpha value is -0.290. The minimum atomic E-state index is -4.15. The molecular formula is C7H13F3N2. The third-order valence-electron chi connectivity index (χ3n) is 2.04. The predicted octanol–water partition coefficient (Wildman–Crippen LogP) is 1.19. The standard InChI is InChI=1S/C7H13F3N2/c1-2-11-6-3-4-12(5-6)7(8,9)10/h6,11H,2-5H2,1H3/t6-/m1/s1. The second kappa shape index (κ2) is 3.62. The first-order valence-corrected chi connectivity index (χ1v) is 4.09. The molecule has 1 fully saturated rings. The van der Waals surface area contributed by atoms with E-state index >= 15 is 0 Å². The van der Waals surface area contributed by atoms with Gasteiger partial charge in [-0.3, -0.25) is 0 Å². The summed E-state index contributed by atoms with van der Waals surface area (Å²) in [6.45, 7) is 2.85. The number of likely N-dealkylation sites (N-methyl/N-ethyl adjacent to an activating group) is 1. The molecule has 1 aliphatic rings. The van der Waals surface area contributed by atoms with Crippen molar-refractivity contribution in [2.45, 2.75) is 25.7 Å². The normalized spacial score (nSPS) is 26.5. The van der Waals surface area contributed by atoms with E-state index in [0.717, 1.165) is 6.54 Å². The Kier molecular flexibility index (Phi) is 2.95. The maximum Gasteiger partial charge on any atom is 0.459 e. The van der Waals surface area contributed by atoms with Gasteiger partial charge < -0.3 is 5.32 Å². The van der Waals surface area contributed by atoms with Crippen molar-refractivity contribution in [1.82, 2.24) is 10.2 Å². The van der Waals surface area contributed by atoms with Crippen molar-refractivity contribution in [3.63, 3.8) is 0 Å². The Morgan fingerprint density at radius 1 is 1.50 bits per heavy atom. The molecule has 0 amide bonds. The van der Waals surface area contributed by atoms with Crippen LogP contribution in [-0.4, -0.2) is 36.9 Å². The molecule has 5 heteroatoms. The molecule has 2 nitrogen and oxygen atoms in total. The van der Waals surface area contributed by atoms with Crippen molar-refractivity contribution >= 4 is 0 Å². The van der Waals surface area contributed by atoms with E-state index in [1.54, 1.807) is 0 Å². The van der Waals surface area contributed by atoms with Gasteiger partial charge in [0.25, 0.3) is 0 Å². The lowest BCUT2D eigenvalue weighted by Gasteiger charge is -2.19. The molecule has 0 aromatic rings. The Balaban J connectivity index is 2.35. The van der Waals surface area contributed by atoms with E-state index in [2.05, 4.69) is 5.32 Å². The highest BCUT2D eigenvalue weighted by molar-refractivity contribution is 4.81. The summed E-state index contributed by atoms with van der Waals surface area (Å²) in [7, 11) is 0. The van der Waals surface area contributed by atoms with Gasteiger partial charge in [0.05, 0.1) is 0 Å². The number of hydrogen-bond acceptors (Lipinski definition) is 2. The molecule has 0 radical (unpaired) electrons. The highest BCUT2D eigenvalue weighted by Crippen LogP contribution is 2.25. The first-order chi connectivity index (χ1) is 5.54. The quantitative estimate of drug-likeness (QED) is 0.645. The summed E-state index contributed by atoms with van der Waals surface area (Å²) in [5.41, 5.74) is 0. The number of hydrogen-bond donors (Lipinski definition) is 1. The van der Waals surface area contributed by atoms with Crippen LogP contribution < -0.4 is 5.32 Å². The minimum absolute atomic E-state index is 0.0108. The third-order valence-corrected chi connectivity index (χ3v) is 2.04. The van der Waals surface area contributed by atoms with Gasteiger partial charge in [0.15, 0.2) is 0 Å². The van der Waals surface area contributed by atoms with Gasteiger partial charge in [-0.1, -0.05) is 6.92 Å². The summed E-state index contributed by atoms with van der Waals surface area (Å²) in [5.74, 6) is 0. The molecule has 0 aromatic carbocycles. The molecule has 1 rings (SSSR count). The largest absolute Gasteiger partial charge is 0.459 e. The predicted molar refractivity (Wildman–Crippen MR) is 39.7 cm³/mol. The topological polar surface area (TPSA) is 15.3 Å². The van der Waals surface area contributed by atoms with E-state index in [9.17, 15) is 13.2 Å². The molecule has 0 unspecified atom stereocenters. The molecule has 1 atom stereocenters. The van der Waals surface area contributed by atoms with Crippen LogP contribution in [0.25, 0.3) is 0 Å². The maximum atomic E-state index is 12.1. The average Bonchev–Trinajstić information content (AvgIpc) is 2.35. The van der Waals surface area contributed by atoms with Crippen LogP contribution in [0.1, 0.15) is 13.3 Å². The van der Waals surface area contributed by atoms with Gasteiger partial charge in [0, 0.05) is 19.1 Å². The lowest BCUT2D eigenvalue weighted by Crippen LogP contribution is -2.39. The number of nitrogens with zero attached hydrogens (tertiary/aromatic N) is 1. The summed E-state index contributed by atoms with van der Waals surface area (Å²) in [4.78, 5) is 0.556. The lowest BCUT2D eigenvalue weighted by molar-refractivity contribution is -0.238. The molecule has 72 valence electrons. The smallest absolute Gasteiger partial charge is 0.313 e. The first kappa shape index (κ1) is 9.80. The third kappa shape index (κ3) is 2.35. The molecule has 0 aromatic heterocycles. The SMILES string of the molecule is CCN[C@@H]1CCN(C(F)(F)F)C1. The van der Waals surface area contributed by atoms with E-state index in [4.69, 9.17) is 0 Å². The summed E-state index contributed by atoms with van der Waals surface area (Å²) < 4.78 is 36.2. The molecule has 1 aliphatic heterocycles. The molecule has 1 heterocycles. The second-order valence-corrected chi connectivity index (χ2v) is 2.96. The van der Waals surface area contributed by atoms with Gasteiger partial charge in [-0.15, -0.1) is 0 Å². The van der Waals surface area contributed by atoms with Crippen molar-refractivity contribution in [3.8, 4) is 0 Å². The van der Waals surface area contributed by atoms with Crippen LogP contribution in [0.2, 0.25) is 0 Å². The Morgan fingerprint density at radius 2 is 2.17 bits per heavy atom. The summed E-state index contributed by atoms with van der Waals surface area (Å²) in [5, 5.41) is 3.00. The van der Waals surface area contributed by atoms with Gasteiger partial charge in [0.1, 0.15) is 0 Å². The van der Waals surface area contributed by atoms with Crippen molar-refractivity contribution < 1.29 is 13.2 Å². The molecule has 0 bridgehead atoms. The number of alkyl halides is 3. The van der Waals surface area contributed by atoms with Crippen LogP contribution in [0.3, 0.4) is 0 Å². The fourth-order valence-corrected chi connectivity index (χ4v) is 1.45. The van der Waals surface area contributed by atoms with Gasteiger partial charge >= 0.3 is 6.30 Å². The molecule has 12 heavy (non-hydrogen) atoms. The van der Waals surface area contributed by atoms with E-state index in [1.807, 2.05) is 6.92 Å². The van der Waals surface area contributed by atoms with Crippen molar-refractivity contribution in [1.29, 1.82) is 0 Å². The zero-order valence-corrected chi connectivity index (χ0v) is 6.99. The summed E-state index contributed by atoms with van der Waals surface area (Å²) >= 11 is 0. The van der Waals surface area contributed by atoms with Crippen LogP contribution in [-0.2, 0) is 0 Å². The number of halogens is 3. The van der Waals surface area contributed by atoms with E-state index in [-0.39, 0.29) is 19.1 Å². The second-order valence-electron chi connectivity index (χ2n) is 2.96. The van der Waals surface area contributed by atoms with E-state index in [0.29, 0.717) is 11.3 Å². The van der Waals surface area contributed by atoms with Gasteiger partial charge in [-0.05, 0) is 13.0 Å². The lowest BCUT2D eigenvalue weighted by atomic mass is 10.3. The Labute approximate surface area is 69.7 Å². The molecule has 1 N–H and O–H groups in total. The molecule has 1 saturated heterocycles. The molecule has 0 saturated carbocycles. The fourth-order valence-electron chi connectivity index (χ4n) is 1.45. The Morgan fingerprint density at radius 3 is 2.58 bits per heavy atom.